The van der Waals surface area contributed by atoms with E-state index >= 15 is 0 Å². The maximum absolute atomic E-state index is 13.7. The van der Waals surface area contributed by atoms with E-state index in [9.17, 15) is 4.79 Å². The molecule has 0 atom stereocenters. The Morgan fingerprint density at radius 3 is 1.90 bits per heavy atom. The molecule has 0 heterocycles. The maximum Gasteiger partial charge on any atom is 0.231 e. The molecule has 0 bridgehead atoms. The number of unbranched alkanes of at least 4 members (excludes halogenated alkanes) is 7. The molecule has 1 N–H and O–H groups in total. The Hall–Kier alpha value is -2.09. The van der Waals surface area contributed by atoms with Crippen LogP contribution in [0.15, 0.2) is 36.4 Å². The number of amides is 1. The zero-order valence-electron chi connectivity index (χ0n) is 20.2. The Labute approximate surface area is 189 Å². The van der Waals surface area contributed by atoms with E-state index in [0.29, 0.717) is 0 Å². The van der Waals surface area contributed by atoms with E-state index in [0.717, 1.165) is 42.5 Å². The predicted octanol–water partition coefficient (Wildman–Crippen LogP) is 7.87. The van der Waals surface area contributed by atoms with Crippen molar-refractivity contribution < 1.29 is 4.79 Å². The minimum atomic E-state index is -0.310. The van der Waals surface area contributed by atoms with Crippen LogP contribution in [0.5, 0.6) is 0 Å². The lowest BCUT2D eigenvalue weighted by atomic mass is 9.78. The Kier molecular flexibility index (Phi) is 8.35. The van der Waals surface area contributed by atoms with Crippen LogP contribution in [0.2, 0.25) is 0 Å². The summed E-state index contributed by atoms with van der Waals surface area (Å²) in [5.74, 6) is 0.210. The van der Waals surface area contributed by atoms with Crippen LogP contribution >= 0.6 is 0 Å². The van der Waals surface area contributed by atoms with Crippen LogP contribution in [0.4, 0.5) is 5.69 Å². The van der Waals surface area contributed by atoms with Gasteiger partial charge in [0, 0.05) is 5.69 Å². The van der Waals surface area contributed by atoms with Crippen molar-refractivity contribution in [1.82, 2.24) is 0 Å². The van der Waals surface area contributed by atoms with Crippen molar-refractivity contribution in [2.75, 3.05) is 5.32 Å². The van der Waals surface area contributed by atoms with Crippen LogP contribution < -0.4 is 5.32 Å². The van der Waals surface area contributed by atoms with Gasteiger partial charge < -0.3 is 5.32 Å². The Balaban J connectivity index is 1.67. The summed E-state index contributed by atoms with van der Waals surface area (Å²) < 4.78 is 0. The van der Waals surface area contributed by atoms with Gasteiger partial charge in [-0.25, -0.2) is 0 Å². The maximum atomic E-state index is 13.7. The average molecular weight is 420 g/mol. The molecule has 168 valence electrons. The molecular weight excluding hydrogens is 378 g/mol. The summed E-state index contributed by atoms with van der Waals surface area (Å²) in [6.07, 6.45) is 13.1. The first-order valence-corrected chi connectivity index (χ1v) is 12.4. The molecule has 0 saturated heterocycles. The Morgan fingerprint density at radius 2 is 1.35 bits per heavy atom. The molecule has 0 radical (unpaired) electrons. The highest BCUT2D eigenvalue weighted by atomic mass is 16.2. The zero-order valence-corrected chi connectivity index (χ0v) is 20.2. The summed E-state index contributed by atoms with van der Waals surface area (Å²) in [4.78, 5) is 13.7. The molecule has 0 spiro atoms. The number of benzene rings is 2. The van der Waals surface area contributed by atoms with Crippen molar-refractivity contribution in [2.24, 2.45) is 5.41 Å². The van der Waals surface area contributed by atoms with Crippen molar-refractivity contribution in [3.8, 4) is 0 Å². The summed E-state index contributed by atoms with van der Waals surface area (Å²) in [7, 11) is 0. The van der Waals surface area contributed by atoms with Gasteiger partial charge in [-0.1, -0.05) is 100 Å². The van der Waals surface area contributed by atoms with Crippen LogP contribution in [-0.4, -0.2) is 5.91 Å². The van der Waals surface area contributed by atoms with Gasteiger partial charge in [0.25, 0.3) is 0 Å². The van der Waals surface area contributed by atoms with Crippen molar-refractivity contribution in [2.45, 2.75) is 98.3 Å². The molecule has 1 aliphatic carbocycles. The van der Waals surface area contributed by atoms with E-state index in [-0.39, 0.29) is 11.3 Å². The molecular formula is C29H41NO. The van der Waals surface area contributed by atoms with E-state index < -0.39 is 0 Å². The monoisotopic (exact) mass is 419 g/mol. The second kappa shape index (κ2) is 11.0. The predicted molar refractivity (Wildman–Crippen MR) is 133 cm³/mol. The summed E-state index contributed by atoms with van der Waals surface area (Å²) in [6, 6.07) is 13.0. The summed E-state index contributed by atoms with van der Waals surface area (Å²) in [5, 5.41) is 3.36. The highest BCUT2D eigenvalue weighted by molar-refractivity contribution is 5.97. The van der Waals surface area contributed by atoms with E-state index in [4.69, 9.17) is 0 Å². The molecule has 1 amide bonds. The van der Waals surface area contributed by atoms with Gasteiger partial charge in [0.15, 0.2) is 0 Å². The van der Waals surface area contributed by atoms with Crippen LogP contribution in [0, 0.1) is 26.2 Å². The molecule has 2 aromatic rings. The van der Waals surface area contributed by atoms with Crippen LogP contribution in [-0.2, 0) is 17.6 Å². The lowest BCUT2D eigenvalue weighted by Gasteiger charge is -2.29. The number of hydrogen-bond donors (Lipinski definition) is 1. The van der Waals surface area contributed by atoms with Crippen molar-refractivity contribution in [3.05, 3.63) is 64.2 Å². The van der Waals surface area contributed by atoms with Crippen LogP contribution in [0.3, 0.4) is 0 Å². The van der Waals surface area contributed by atoms with Crippen molar-refractivity contribution >= 4 is 11.6 Å². The third kappa shape index (κ3) is 5.99. The van der Waals surface area contributed by atoms with Crippen LogP contribution in [0.25, 0.3) is 0 Å². The Morgan fingerprint density at radius 1 is 0.839 bits per heavy atom. The van der Waals surface area contributed by atoms with Gasteiger partial charge in [-0.15, -0.1) is 0 Å². The number of rotatable bonds is 11. The fourth-order valence-electron chi connectivity index (χ4n) is 5.37. The van der Waals surface area contributed by atoms with Gasteiger partial charge >= 0.3 is 0 Å². The number of anilines is 1. The molecule has 2 nitrogen and oxygen atoms in total. The largest absolute Gasteiger partial charge is 0.325 e. The number of fused-ring (bicyclic) bond motifs is 1. The highest BCUT2D eigenvalue weighted by Crippen LogP contribution is 2.42. The minimum absolute atomic E-state index is 0.210. The quantitative estimate of drug-likeness (QED) is 0.369. The standard InChI is InChI=1S/C29H41NO/c1-5-6-7-8-9-10-11-14-17-29(20-25-15-12-13-16-26(25)21-29)28(31)30-27-23(3)18-22(2)19-24(27)4/h12-13,15-16,18-19H,5-11,14,17,20-21H2,1-4H3,(H,30,31). The number of carbonyl (C=O) groups is 1. The fraction of sp³-hybridized carbons (Fsp3) is 0.552. The minimum Gasteiger partial charge on any atom is -0.325 e. The molecule has 1 aliphatic rings. The lowest BCUT2D eigenvalue weighted by Crippen LogP contribution is -2.37. The van der Waals surface area contributed by atoms with Crippen LogP contribution in [0.1, 0.15) is 92.5 Å². The third-order valence-electron chi connectivity index (χ3n) is 7.08. The van der Waals surface area contributed by atoms with E-state index in [1.54, 1.807) is 0 Å². The zero-order chi connectivity index (χ0) is 22.3. The smallest absolute Gasteiger partial charge is 0.231 e. The number of hydrogen-bond acceptors (Lipinski definition) is 1. The SMILES string of the molecule is CCCCCCCCCCC1(C(=O)Nc2c(C)cc(C)cc2C)Cc2ccccc2C1. The molecule has 2 heteroatoms. The van der Waals surface area contributed by atoms with E-state index in [1.165, 1.54) is 61.6 Å². The molecule has 0 aromatic heterocycles. The molecule has 0 unspecified atom stereocenters. The average Bonchev–Trinajstić information content (AvgIpc) is 3.12. The van der Waals surface area contributed by atoms with Gasteiger partial charge in [0.05, 0.1) is 5.41 Å². The Bertz CT molecular complexity index is 834. The number of aryl methyl sites for hydroxylation is 3. The van der Waals surface area contributed by atoms with Gasteiger partial charge in [-0.05, 0) is 62.3 Å². The summed E-state index contributed by atoms with van der Waals surface area (Å²) in [5.41, 5.74) is 6.96. The highest BCUT2D eigenvalue weighted by Gasteiger charge is 2.43. The van der Waals surface area contributed by atoms with Crippen molar-refractivity contribution in [3.63, 3.8) is 0 Å². The third-order valence-corrected chi connectivity index (χ3v) is 7.08. The fourth-order valence-corrected chi connectivity index (χ4v) is 5.37. The van der Waals surface area contributed by atoms with E-state index in [1.807, 2.05) is 0 Å². The lowest BCUT2D eigenvalue weighted by molar-refractivity contribution is -0.125. The van der Waals surface area contributed by atoms with Crippen molar-refractivity contribution in [1.29, 1.82) is 0 Å². The summed E-state index contributed by atoms with van der Waals surface area (Å²) >= 11 is 0. The molecule has 0 saturated carbocycles. The first-order valence-electron chi connectivity index (χ1n) is 12.4. The first-order chi connectivity index (χ1) is 14.9. The molecule has 0 aliphatic heterocycles. The molecule has 3 rings (SSSR count). The summed E-state index contributed by atoms with van der Waals surface area (Å²) in [6.45, 7) is 8.58. The van der Waals surface area contributed by atoms with Gasteiger partial charge in [0.1, 0.15) is 0 Å². The van der Waals surface area contributed by atoms with Gasteiger partial charge in [-0.3, -0.25) is 4.79 Å². The number of nitrogens with one attached hydrogen (secondary N) is 1. The number of carbonyl (C=O) groups excluding carboxylic acids is 1. The molecule has 0 fully saturated rings. The van der Waals surface area contributed by atoms with Gasteiger partial charge in [0.2, 0.25) is 5.91 Å². The second-order valence-corrected chi connectivity index (χ2v) is 9.86. The van der Waals surface area contributed by atoms with Gasteiger partial charge in [-0.2, -0.15) is 0 Å². The topological polar surface area (TPSA) is 29.1 Å². The molecule has 2 aromatic carbocycles. The first kappa shape index (κ1) is 23.6. The van der Waals surface area contributed by atoms with E-state index in [2.05, 4.69) is 69.4 Å². The normalized spacial score (nSPS) is 14.5. The molecule has 31 heavy (non-hydrogen) atoms. The second-order valence-electron chi connectivity index (χ2n) is 9.86.